The number of likely N-dealkylation sites (tertiary alicyclic amines) is 1. The highest BCUT2D eigenvalue weighted by atomic mass is 16.1. The Morgan fingerprint density at radius 2 is 2.00 bits per heavy atom. The molecule has 0 aromatic heterocycles. The average Bonchev–Trinajstić information content (AvgIpc) is 2.40. The van der Waals surface area contributed by atoms with Crippen molar-refractivity contribution in [2.75, 3.05) is 13.1 Å². The fourth-order valence-corrected chi connectivity index (χ4v) is 3.87. The molecule has 0 spiro atoms. The van der Waals surface area contributed by atoms with Crippen molar-refractivity contribution >= 4 is 5.78 Å². The number of hydrogen-bond donors (Lipinski definition) is 0. The summed E-state index contributed by atoms with van der Waals surface area (Å²) in [6, 6.07) is 10.7. The lowest BCUT2D eigenvalue weighted by Gasteiger charge is -2.44. The third-order valence-corrected chi connectivity index (χ3v) is 4.91. The maximum atomic E-state index is 11.7. The second-order valence-electron chi connectivity index (χ2n) is 6.36. The van der Waals surface area contributed by atoms with Gasteiger partial charge in [-0.15, -0.1) is 0 Å². The Kier molecular flexibility index (Phi) is 3.69. The van der Waals surface area contributed by atoms with E-state index in [0.717, 1.165) is 31.8 Å². The van der Waals surface area contributed by atoms with Gasteiger partial charge in [-0.25, -0.2) is 0 Å². The predicted molar refractivity (Wildman–Crippen MR) is 76.7 cm³/mol. The number of hydrogen-bond acceptors (Lipinski definition) is 2. The van der Waals surface area contributed by atoms with Crippen LogP contribution < -0.4 is 0 Å². The summed E-state index contributed by atoms with van der Waals surface area (Å²) < 4.78 is 0. The lowest BCUT2D eigenvalue weighted by molar-refractivity contribution is -0.126. The second-order valence-corrected chi connectivity index (χ2v) is 6.36. The smallest absolute Gasteiger partial charge is 0.133 e. The zero-order valence-electron chi connectivity index (χ0n) is 11.7. The summed E-state index contributed by atoms with van der Waals surface area (Å²) in [7, 11) is 0. The van der Waals surface area contributed by atoms with Crippen LogP contribution in [-0.2, 0) is 11.3 Å². The molecule has 2 fully saturated rings. The Morgan fingerprint density at radius 3 is 2.79 bits per heavy atom. The molecule has 1 saturated carbocycles. The van der Waals surface area contributed by atoms with Crippen molar-refractivity contribution in [3.8, 4) is 0 Å². The van der Waals surface area contributed by atoms with Crippen LogP contribution in [0.2, 0.25) is 0 Å². The van der Waals surface area contributed by atoms with E-state index in [0.29, 0.717) is 17.6 Å². The molecule has 2 aliphatic rings. The summed E-state index contributed by atoms with van der Waals surface area (Å²) in [4.78, 5) is 14.3. The number of carbonyl (C=O) groups is 1. The Morgan fingerprint density at radius 1 is 1.21 bits per heavy atom. The molecule has 1 aliphatic carbocycles. The van der Waals surface area contributed by atoms with E-state index < -0.39 is 0 Å². The van der Waals surface area contributed by atoms with E-state index in [9.17, 15) is 4.79 Å². The van der Waals surface area contributed by atoms with Crippen molar-refractivity contribution in [1.29, 1.82) is 0 Å². The van der Waals surface area contributed by atoms with Crippen LogP contribution in [0.3, 0.4) is 0 Å². The van der Waals surface area contributed by atoms with Crippen molar-refractivity contribution in [3.05, 3.63) is 35.9 Å². The average molecular weight is 257 g/mol. The van der Waals surface area contributed by atoms with Gasteiger partial charge in [0.1, 0.15) is 5.78 Å². The highest BCUT2D eigenvalue weighted by Gasteiger charge is 2.38. The Balaban J connectivity index is 1.64. The van der Waals surface area contributed by atoms with Crippen LogP contribution in [0.4, 0.5) is 0 Å². The van der Waals surface area contributed by atoms with Crippen LogP contribution >= 0.6 is 0 Å². The number of carbonyl (C=O) groups excluding carboxylic acids is 1. The maximum Gasteiger partial charge on any atom is 0.133 e. The number of Topliss-reactive ketones (excluding diaryl/α,β-unsaturated/α-hetero) is 1. The van der Waals surface area contributed by atoms with Gasteiger partial charge >= 0.3 is 0 Å². The maximum absolute atomic E-state index is 11.7. The molecule has 0 radical (unpaired) electrons. The van der Waals surface area contributed by atoms with Gasteiger partial charge < -0.3 is 0 Å². The zero-order valence-corrected chi connectivity index (χ0v) is 11.7. The molecule has 3 rings (SSSR count). The molecule has 1 aromatic carbocycles. The molecule has 1 heterocycles. The first kappa shape index (κ1) is 12.9. The summed E-state index contributed by atoms with van der Waals surface area (Å²) in [5.74, 6) is 2.45. The topological polar surface area (TPSA) is 20.3 Å². The monoisotopic (exact) mass is 257 g/mol. The first-order valence-corrected chi connectivity index (χ1v) is 7.50. The van der Waals surface area contributed by atoms with E-state index in [1.54, 1.807) is 0 Å². The lowest BCUT2D eigenvalue weighted by atomic mass is 9.69. The van der Waals surface area contributed by atoms with Gasteiger partial charge in [0.05, 0.1) is 0 Å². The molecule has 0 N–H and O–H groups in total. The van der Waals surface area contributed by atoms with Gasteiger partial charge in [-0.1, -0.05) is 37.3 Å². The van der Waals surface area contributed by atoms with Gasteiger partial charge in [0.2, 0.25) is 0 Å². The van der Waals surface area contributed by atoms with E-state index in [-0.39, 0.29) is 0 Å². The van der Waals surface area contributed by atoms with Crippen LogP contribution in [0, 0.1) is 17.8 Å². The number of nitrogens with zero attached hydrogens (tertiary/aromatic N) is 1. The quantitative estimate of drug-likeness (QED) is 0.811. The number of ketones is 1. The molecule has 1 saturated heterocycles. The Labute approximate surface area is 115 Å². The zero-order chi connectivity index (χ0) is 13.2. The largest absolute Gasteiger partial charge is 0.300 e. The van der Waals surface area contributed by atoms with E-state index in [4.69, 9.17) is 0 Å². The second kappa shape index (κ2) is 5.46. The van der Waals surface area contributed by atoms with Crippen molar-refractivity contribution < 1.29 is 4.79 Å². The summed E-state index contributed by atoms with van der Waals surface area (Å²) in [6.45, 7) is 5.65. The summed E-state index contributed by atoms with van der Waals surface area (Å²) in [5.41, 5.74) is 1.40. The highest BCUT2D eigenvalue weighted by molar-refractivity contribution is 5.79. The number of rotatable bonds is 2. The minimum absolute atomic E-state index is 0.491. The van der Waals surface area contributed by atoms with E-state index >= 15 is 0 Å². The summed E-state index contributed by atoms with van der Waals surface area (Å²) in [6.07, 6.45) is 2.85. The van der Waals surface area contributed by atoms with Gasteiger partial charge in [-0.3, -0.25) is 9.69 Å². The molecular formula is C17H23NO. The van der Waals surface area contributed by atoms with Crippen molar-refractivity contribution in [2.24, 2.45) is 17.8 Å². The highest BCUT2D eigenvalue weighted by Crippen LogP contribution is 2.38. The standard InChI is InChI=1S/C17H23NO/c1-13-9-16(19)10-15-7-8-18(12-17(13)15)11-14-5-3-2-4-6-14/h2-6,13,15,17H,7-12H2,1H3/t13-,15+,17+/m0/s1. The van der Waals surface area contributed by atoms with E-state index in [2.05, 4.69) is 42.2 Å². The normalized spacial score (nSPS) is 32.1. The molecule has 1 aromatic rings. The van der Waals surface area contributed by atoms with Crippen molar-refractivity contribution in [2.45, 2.75) is 32.7 Å². The Hall–Kier alpha value is -1.15. The van der Waals surface area contributed by atoms with Gasteiger partial charge in [0.15, 0.2) is 0 Å². The van der Waals surface area contributed by atoms with Gasteiger partial charge in [-0.05, 0) is 36.3 Å². The molecule has 0 unspecified atom stereocenters. The number of benzene rings is 1. The summed E-state index contributed by atoms with van der Waals surface area (Å²) >= 11 is 0. The molecule has 0 amide bonds. The molecule has 2 heteroatoms. The Bertz CT molecular complexity index is 442. The van der Waals surface area contributed by atoms with Gasteiger partial charge in [-0.2, -0.15) is 0 Å². The molecular weight excluding hydrogens is 234 g/mol. The van der Waals surface area contributed by atoms with Crippen LogP contribution in [0.25, 0.3) is 0 Å². The van der Waals surface area contributed by atoms with E-state index in [1.165, 1.54) is 18.5 Å². The predicted octanol–water partition coefficient (Wildman–Crippen LogP) is 3.12. The van der Waals surface area contributed by atoms with E-state index in [1.807, 2.05) is 0 Å². The molecule has 1 aliphatic heterocycles. The molecule has 19 heavy (non-hydrogen) atoms. The van der Waals surface area contributed by atoms with Gasteiger partial charge in [0, 0.05) is 25.9 Å². The number of fused-ring (bicyclic) bond motifs is 1. The third-order valence-electron chi connectivity index (χ3n) is 4.91. The van der Waals surface area contributed by atoms with Crippen molar-refractivity contribution in [1.82, 2.24) is 4.90 Å². The fraction of sp³-hybridized carbons (Fsp3) is 0.588. The molecule has 102 valence electrons. The van der Waals surface area contributed by atoms with Crippen LogP contribution in [0.15, 0.2) is 30.3 Å². The fourth-order valence-electron chi connectivity index (χ4n) is 3.87. The minimum Gasteiger partial charge on any atom is -0.300 e. The first-order valence-electron chi connectivity index (χ1n) is 7.50. The van der Waals surface area contributed by atoms with Crippen LogP contribution in [0.5, 0.6) is 0 Å². The lowest BCUT2D eigenvalue weighted by Crippen LogP contribution is -2.46. The SMILES string of the molecule is C[C@H]1CC(=O)C[C@H]2CCN(Cc3ccccc3)C[C@@H]21. The van der Waals surface area contributed by atoms with Gasteiger partial charge in [0.25, 0.3) is 0 Å². The van der Waals surface area contributed by atoms with Crippen LogP contribution in [0.1, 0.15) is 31.7 Å². The molecule has 2 nitrogen and oxygen atoms in total. The number of piperidine rings is 1. The summed E-state index contributed by atoms with van der Waals surface area (Å²) in [5, 5.41) is 0. The first-order chi connectivity index (χ1) is 9.22. The van der Waals surface area contributed by atoms with Crippen LogP contribution in [-0.4, -0.2) is 23.8 Å². The van der Waals surface area contributed by atoms with Crippen molar-refractivity contribution in [3.63, 3.8) is 0 Å². The molecule has 3 atom stereocenters. The molecule has 0 bridgehead atoms. The minimum atomic E-state index is 0.491. The third kappa shape index (κ3) is 2.89.